The first-order chi connectivity index (χ1) is 9.36. The van der Waals surface area contributed by atoms with Crippen LogP contribution < -0.4 is 4.90 Å². The number of fused-ring (bicyclic) bond motifs is 2. The van der Waals surface area contributed by atoms with E-state index in [0.29, 0.717) is 0 Å². The van der Waals surface area contributed by atoms with Crippen LogP contribution in [0.4, 0.5) is 11.4 Å². The van der Waals surface area contributed by atoms with Gasteiger partial charge in [0.25, 0.3) is 0 Å². The zero-order valence-corrected chi connectivity index (χ0v) is 12.8. The molecule has 1 aliphatic heterocycles. The Morgan fingerprint density at radius 2 is 1.05 bits per heavy atom. The Hall–Kier alpha value is -1.76. The highest BCUT2D eigenvalue weighted by molar-refractivity contribution is 5.73. The van der Waals surface area contributed by atoms with E-state index in [9.17, 15) is 0 Å². The summed E-state index contributed by atoms with van der Waals surface area (Å²) in [5, 5.41) is 0. The topological polar surface area (TPSA) is 3.24 Å². The van der Waals surface area contributed by atoms with E-state index in [4.69, 9.17) is 0 Å². The van der Waals surface area contributed by atoms with Crippen molar-refractivity contribution in [3.05, 3.63) is 59.7 Å². The fourth-order valence-corrected chi connectivity index (χ4v) is 2.31. The van der Waals surface area contributed by atoms with Crippen LogP contribution >= 0.6 is 0 Å². The lowest BCUT2D eigenvalue weighted by Crippen LogP contribution is -2.18. The molecule has 0 fully saturated rings. The smallest absolute Gasteiger partial charge is 0.0444 e. The van der Waals surface area contributed by atoms with Crippen LogP contribution in [0.1, 0.15) is 46.2 Å². The minimum atomic E-state index is 0. The van der Waals surface area contributed by atoms with E-state index in [1.54, 1.807) is 0 Å². The molecule has 0 aliphatic carbocycles. The molecule has 1 aliphatic rings. The van der Waals surface area contributed by atoms with Crippen LogP contribution in [0, 0.1) is 0 Å². The van der Waals surface area contributed by atoms with E-state index in [-0.39, 0.29) is 7.43 Å². The SMILES string of the molecule is C.CC.CC.CN1c2ccccc2Cc2ccccc21. The monoisotopic (exact) mass is 271 g/mol. The van der Waals surface area contributed by atoms with Gasteiger partial charge in [-0.25, -0.2) is 0 Å². The number of nitrogens with zero attached hydrogens (tertiary/aromatic N) is 1. The summed E-state index contributed by atoms with van der Waals surface area (Å²) in [4.78, 5) is 2.27. The maximum absolute atomic E-state index is 2.27. The lowest BCUT2D eigenvalue weighted by Gasteiger charge is -2.29. The first-order valence-electron chi connectivity index (χ1n) is 7.26. The summed E-state index contributed by atoms with van der Waals surface area (Å²) in [5.41, 5.74) is 5.49. The van der Waals surface area contributed by atoms with Gasteiger partial charge in [-0.05, 0) is 23.3 Å². The normalized spacial score (nSPS) is 10.6. The van der Waals surface area contributed by atoms with E-state index in [1.165, 1.54) is 22.5 Å². The third-order valence-electron chi connectivity index (χ3n) is 3.09. The molecule has 0 spiro atoms. The lowest BCUT2D eigenvalue weighted by atomic mass is 9.96. The summed E-state index contributed by atoms with van der Waals surface area (Å²) in [5.74, 6) is 0. The van der Waals surface area contributed by atoms with E-state index < -0.39 is 0 Å². The molecule has 0 atom stereocenters. The number of hydrogen-bond acceptors (Lipinski definition) is 1. The number of hydrogen-bond donors (Lipinski definition) is 0. The Labute approximate surface area is 125 Å². The van der Waals surface area contributed by atoms with Crippen molar-refractivity contribution in [1.82, 2.24) is 0 Å². The van der Waals surface area contributed by atoms with Gasteiger partial charge >= 0.3 is 0 Å². The van der Waals surface area contributed by atoms with Crippen LogP contribution in [0.3, 0.4) is 0 Å². The number of para-hydroxylation sites is 2. The molecule has 3 rings (SSSR count). The van der Waals surface area contributed by atoms with Crippen molar-refractivity contribution < 1.29 is 0 Å². The highest BCUT2D eigenvalue weighted by Crippen LogP contribution is 2.36. The maximum atomic E-state index is 2.27. The first-order valence-corrected chi connectivity index (χ1v) is 7.26. The van der Waals surface area contributed by atoms with E-state index in [1.807, 2.05) is 27.7 Å². The van der Waals surface area contributed by atoms with Crippen molar-refractivity contribution in [2.45, 2.75) is 41.5 Å². The molecule has 1 nitrogen and oxygen atoms in total. The Balaban J connectivity index is 0.000000667. The third kappa shape index (κ3) is 3.63. The van der Waals surface area contributed by atoms with E-state index >= 15 is 0 Å². The first kappa shape index (κ1) is 18.2. The minimum absolute atomic E-state index is 0. The molecule has 0 saturated heterocycles. The average molecular weight is 271 g/mol. The molecular weight excluding hydrogens is 242 g/mol. The molecular formula is C19H29N. The van der Waals surface area contributed by atoms with E-state index in [0.717, 1.165) is 6.42 Å². The molecule has 0 amide bonds. The maximum Gasteiger partial charge on any atom is 0.0444 e. The summed E-state index contributed by atoms with van der Waals surface area (Å²) in [6, 6.07) is 17.2. The zero-order valence-electron chi connectivity index (χ0n) is 12.8. The minimum Gasteiger partial charge on any atom is -0.344 e. The molecule has 0 unspecified atom stereocenters. The van der Waals surface area contributed by atoms with Crippen molar-refractivity contribution in [2.24, 2.45) is 0 Å². The Bertz CT molecular complexity index is 457. The molecule has 0 radical (unpaired) electrons. The standard InChI is InChI=1S/C14H13N.2C2H6.CH4/c1-15-13-8-4-2-6-11(13)10-12-7-3-5-9-14(12)15;2*1-2;/h2-9H,10H2,1H3;2*1-2H3;1H4. The molecule has 0 aromatic heterocycles. The summed E-state index contributed by atoms with van der Waals surface area (Å²) in [6.07, 6.45) is 1.05. The zero-order chi connectivity index (χ0) is 14.3. The van der Waals surface area contributed by atoms with Gasteiger partial charge in [0.15, 0.2) is 0 Å². The average Bonchev–Trinajstić information content (AvgIpc) is 2.52. The molecule has 2 aromatic carbocycles. The number of rotatable bonds is 0. The van der Waals surface area contributed by atoms with Gasteiger partial charge in [-0.3, -0.25) is 0 Å². The quantitative estimate of drug-likeness (QED) is 0.564. The number of benzene rings is 2. The summed E-state index contributed by atoms with van der Waals surface area (Å²) < 4.78 is 0. The summed E-state index contributed by atoms with van der Waals surface area (Å²) >= 11 is 0. The van der Waals surface area contributed by atoms with Gasteiger partial charge in [-0.1, -0.05) is 71.5 Å². The fourth-order valence-electron chi connectivity index (χ4n) is 2.31. The van der Waals surface area contributed by atoms with Crippen LogP contribution in [-0.4, -0.2) is 7.05 Å². The number of anilines is 2. The van der Waals surface area contributed by atoms with Gasteiger partial charge in [0.1, 0.15) is 0 Å². The second-order valence-corrected chi connectivity index (χ2v) is 3.99. The molecule has 1 heteroatoms. The van der Waals surface area contributed by atoms with Gasteiger partial charge < -0.3 is 4.90 Å². The predicted molar refractivity (Wildman–Crippen MR) is 93.2 cm³/mol. The van der Waals surface area contributed by atoms with Gasteiger partial charge in [-0.2, -0.15) is 0 Å². The molecule has 110 valence electrons. The highest BCUT2D eigenvalue weighted by Gasteiger charge is 2.17. The van der Waals surface area contributed by atoms with Crippen LogP contribution in [0.2, 0.25) is 0 Å². The summed E-state index contributed by atoms with van der Waals surface area (Å²) in [7, 11) is 2.14. The van der Waals surface area contributed by atoms with Crippen LogP contribution in [0.5, 0.6) is 0 Å². The predicted octanol–water partition coefficient (Wildman–Crippen LogP) is 6.05. The lowest BCUT2D eigenvalue weighted by molar-refractivity contribution is 1.06. The van der Waals surface area contributed by atoms with Crippen molar-refractivity contribution >= 4 is 11.4 Å². The van der Waals surface area contributed by atoms with Gasteiger partial charge in [0.2, 0.25) is 0 Å². The van der Waals surface area contributed by atoms with Crippen LogP contribution in [0.15, 0.2) is 48.5 Å². The molecule has 0 N–H and O–H groups in total. The molecule has 0 saturated carbocycles. The Kier molecular flexibility index (Phi) is 8.38. The Morgan fingerprint density at radius 1 is 0.700 bits per heavy atom. The van der Waals surface area contributed by atoms with Crippen molar-refractivity contribution in [2.75, 3.05) is 11.9 Å². The molecule has 20 heavy (non-hydrogen) atoms. The fraction of sp³-hybridized carbons (Fsp3) is 0.368. The van der Waals surface area contributed by atoms with Crippen LogP contribution in [0.25, 0.3) is 0 Å². The molecule has 0 bridgehead atoms. The van der Waals surface area contributed by atoms with Crippen LogP contribution in [-0.2, 0) is 6.42 Å². The van der Waals surface area contributed by atoms with Gasteiger partial charge in [0, 0.05) is 24.8 Å². The van der Waals surface area contributed by atoms with Crippen molar-refractivity contribution in [3.63, 3.8) is 0 Å². The second-order valence-electron chi connectivity index (χ2n) is 3.99. The largest absolute Gasteiger partial charge is 0.344 e. The summed E-state index contributed by atoms with van der Waals surface area (Å²) in [6.45, 7) is 8.00. The Morgan fingerprint density at radius 3 is 1.45 bits per heavy atom. The van der Waals surface area contributed by atoms with Gasteiger partial charge in [0.05, 0.1) is 0 Å². The second kappa shape index (κ2) is 9.19. The third-order valence-corrected chi connectivity index (χ3v) is 3.09. The highest BCUT2D eigenvalue weighted by atomic mass is 15.1. The van der Waals surface area contributed by atoms with E-state index in [2.05, 4.69) is 60.5 Å². The van der Waals surface area contributed by atoms with Crippen molar-refractivity contribution in [1.29, 1.82) is 0 Å². The van der Waals surface area contributed by atoms with Gasteiger partial charge in [-0.15, -0.1) is 0 Å². The molecule has 1 heterocycles. The van der Waals surface area contributed by atoms with Crippen molar-refractivity contribution in [3.8, 4) is 0 Å². The molecule has 2 aromatic rings.